The lowest BCUT2D eigenvalue weighted by Gasteiger charge is -2.22. The Balaban J connectivity index is 2.06. The number of rotatable bonds is 4. The molecular weight excluding hydrogens is 266 g/mol. The number of aromatic nitrogens is 2. The summed E-state index contributed by atoms with van der Waals surface area (Å²) in [6.07, 6.45) is 2.70. The van der Waals surface area contributed by atoms with Crippen LogP contribution in [-0.4, -0.2) is 23.1 Å². The van der Waals surface area contributed by atoms with Crippen LogP contribution in [0.5, 0.6) is 0 Å². The summed E-state index contributed by atoms with van der Waals surface area (Å²) >= 11 is 7.72. The molecule has 0 saturated heterocycles. The second-order valence-corrected chi connectivity index (χ2v) is 6.45. The van der Waals surface area contributed by atoms with E-state index in [2.05, 4.69) is 34.8 Å². The fourth-order valence-corrected chi connectivity index (χ4v) is 3.31. The van der Waals surface area contributed by atoms with Gasteiger partial charge in [-0.15, -0.1) is 11.3 Å². The number of nitrogens with zero attached hydrogens (tertiary/aromatic N) is 3. The summed E-state index contributed by atoms with van der Waals surface area (Å²) in [5.41, 5.74) is 0. The molecule has 2 heterocycles. The van der Waals surface area contributed by atoms with Crippen molar-refractivity contribution in [3.63, 3.8) is 0 Å². The van der Waals surface area contributed by atoms with Crippen LogP contribution in [-0.2, 0) is 0 Å². The highest BCUT2D eigenvalue weighted by Crippen LogP contribution is 2.35. The van der Waals surface area contributed by atoms with Crippen LogP contribution in [0.25, 0.3) is 10.2 Å². The summed E-state index contributed by atoms with van der Waals surface area (Å²) in [7, 11) is 0. The van der Waals surface area contributed by atoms with Crippen LogP contribution >= 0.6 is 22.9 Å². The zero-order chi connectivity index (χ0) is 12.7. The fraction of sp³-hybridized carbons (Fsp3) is 0.538. The van der Waals surface area contributed by atoms with E-state index in [0.29, 0.717) is 5.28 Å². The van der Waals surface area contributed by atoms with E-state index in [1.54, 1.807) is 11.3 Å². The third kappa shape index (κ3) is 2.31. The van der Waals surface area contributed by atoms with Gasteiger partial charge in [-0.05, 0) is 50.3 Å². The van der Waals surface area contributed by atoms with Gasteiger partial charge in [0.2, 0.25) is 5.28 Å². The van der Waals surface area contributed by atoms with Gasteiger partial charge < -0.3 is 4.90 Å². The van der Waals surface area contributed by atoms with Gasteiger partial charge in [-0.25, -0.2) is 4.98 Å². The molecule has 0 amide bonds. The molecule has 0 radical (unpaired) electrons. The molecule has 3 rings (SSSR count). The first kappa shape index (κ1) is 12.2. The fourth-order valence-electron chi connectivity index (χ4n) is 2.22. The first-order valence-corrected chi connectivity index (χ1v) is 7.55. The molecule has 0 aliphatic heterocycles. The lowest BCUT2D eigenvalue weighted by Crippen LogP contribution is -2.26. The number of hydrogen-bond acceptors (Lipinski definition) is 4. The van der Waals surface area contributed by atoms with Crippen LogP contribution in [0.4, 0.5) is 5.82 Å². The van der Waals surface area contributed by atoms with Gasteiger partial charge in [-0.1, -0.05) is 0 Å². The Labute approximate surface area is 116 Å². The average Bonchev–Trinajstić information content (AvgIpc) is 3.06. The Morgan fingerprint density at radius 3 is 2.89 bits per heavy atom. The third-order valence-electron chi connectivity index (χ3n) is 3.33. The minimum Gasteiger partial charge on any atom is -0.356 e. The van der Waals surface area contributed by atoms with Crippen molar-refractivity contribution in [1.82, 2.24) is 9.97 Å². The maximum atomic E-state index is 6.04. The Hall–Kier alpha value is -0.870. The topological polar surface area (TPSA) is 29.0 Å². The van der Waals surface area contributed by atoms with Crippen LogP contribution in [0.3, 0.4) is 0 Å². The van der Waals surface area contributed by atoms with Crippen LogP contribution in [0.1, 0.15) is 24.6 Å². The molecule has 18 heavy (non-hydrogen) atoms. The van der Waals surface area contributed by atoms with Crippen molar-refractivity contribution in [1.29, 1.82) is 0 Å². The molecule has 3 nitrogen and oxygen atoms in total. The predicted octanol–water partition coefficient (Wildman–Crippen LogP) is 3.89. The molecule has 2 aromatic heterocycles. The van der Waals surface area contributed by atoms with Crippen LogP contribution in [0, 0.1) is 12.8 Å². The molecule has 96 valence electrons. The van der Waals surface area contributed by atoms with E-state index >= 15 is 0 Å². The lowest BCUT2D eigenvalue weighted by molar-refractivity contribution is 0.734. The second kappa shape index (κ2) is 4.67. The quantitative estimate of drug-likeness (QED) is 0.796. The molecule has 1 saturated carbocycles. The maximum Gasteiger partial charge on any atom is 0.225 e. The molecule has 1 fully saturated rings. The monoisotopic (exact) mass is 281 g/mol. The summed E-state index contributed by atoms with van der Waals surface area (Å²) in [4.78, 5) is 13.4. The van der Waals surface area contributed by atoms with E-state index in [1.165, 1.54) is 17.7 Å². The summed E-state index contributed by atoms with van der Waals surface area (Å²) < 4.78 is 0. The number of anilines is 1. The average molecular weight is 282 g/mol. The minimum absolute atomic E-state index is 0.355. The molecule has 2 aromatic rings. The molecule has 0 atom stereocenters. The van der Waals surface area contributed by atoms with E-state index in [0.717, 1.165) is 35.0 Å². The first-order chi connectivity index (χ1) is 8.67. The van der Waals surface area contributed by atoms with Gasteiger partial charge in [0.05, 0.1) is 5.39 Å². The van der Waals surface area contributed by atoms with Crippen molar-refractivity contribution < 1.29 is 0 Å². The molecule has 1 aliphatic carbocycles. The molecule has 0 spiro atoms. The summed E-state index contributed by atoms with van der Waals surface area (Å²) in [6.45, 7) is 6.33. The van der Waals surface area contributed by atoms with E-state index < -0.39 is 0 Å². The first-order valence-electron chi connectivity index (χ1n) is 6.36. The summed E-state index contributed by atoms with van der Waals surface area (Å²) in [5.74, 6) is 1.84. The highest BCUT2D eigenvalue weighted by Gasteiger charge is 2.25. The van der Waals surface area contributed by atoms with Gasteiger partial charge in [0.25, 0.3) is 0 Å². The Bertz CT molecular complexity index is 577. The lowest BCUT2D eigenvalue weighted by atomic mass is 10.3. The van der Waals surface area contributed by atoms with E-state index in [1.807, 2.05) is 0 Å². The molecular formula is C13H16ClN3S. The van der Waals surface area contributed by atoms with Crippen molar-refractivity contribution in [2.24, 2.45) is 5.92 Å². The number of halogens is 1. The number of thiophene rings is 1. The second-order valence-electron chi connectivity index (χ2n) is 4.87. The highest BCUT2D eigenvalue weighted by atomic mass is 35.5. The Morgan fingerprint density at radius 2 is 2.22 bits per heavy atom. The number of aryl methyl sites for hydroxylation is 1. The molecule has 0 aromatic carbocycles. The van der Waals surface area contributed by atoms with E-state index in [4.69, 9.17) is 11.6 Å². The van der Waals surface area contributed by atoms with Crippen LogP contribution in [0.2, 0.25) is 5.28 Å². The van der Waals surface area contributed by atoms with Crippen LogP contribution in [0.15, 0.2) is 6.07 Å². The van der Waals surface area contributed by atoms with Crippen molar-refractivity contribution in [3.05, 3.63) is 16.2 Å². The van der Waals surface area contributed by atoms with Gasteiger partial charge in [-0.2, -0.15) is 4.98 Å². The summed E-state index contributed by atoms with van der Waals surface area (Å²) in [5, 5.41) is 1.50. The number of fused-ring (bicyclic) bond motifs is 1. The molecule has 0 unspecified atom stereocenters. The zero-order valence-corrected chi connectivity index (χ0v) is 12.2. The largest absolute Gasteiger partial charge is 0.356 e. The molecule has 0 bridgehead atoms. The normalized spacial score (nSPS) is 15.3. The van der Waals surface area contributed by atoms with Gasteiger partial charge >= 0.3 is 0 Å². The van der Waals surface area contributed by atoms with Crippen LogP contribution < -0.4 is 4.90 Å². The van der Waals surface area contributed by atoms with Gasteiger partial charge in [0.1, 0.15) is 10.6 Å². The third-order valence-corrected chi connectivity index (χ3v) is 4.44. The van der Waals surface area contributed by atoms with E-state index in [9.17, 15) is 0 Å². The zero-order valence-electron chi connectivity index (χ0n) is 10.6. The van der Waals surface area contributed by atoms with Gasteiger partial charge in [0.15, 0.2) is 0 Å². The van der Waals surface area contributed by atoms with Crippen molar-refractivity contribution in [3.8, 4) is 0 Å². The Morgan fingerprint density at radius 1 is 1.44 bits per heavy atom. The van der Waals surface area contributed by atoms with Crippen molar-refractivity contribution >= 4 is 39.0 Å². The minimum atomic E-state index is 0.355. The predicted molar refractivity (Wildman–Crippen MR) is 77.8 cm³/mol. The van der Waals surface area contributed by atoms with Gasteiger partial charge in [0, 0.05) is 18.0 Å². The van der Waals surface area contributed by atoms with Crippen molar-refractivity contribution in [2.45, 2.75) is 26.7 Å². The maximum absolute atomic E-state index is 6.04. The van der Waals surface area contributed by atoms with Gasteiger partial charge in [-0.3, -0.25) is 0 Å². The Kier molecular flexibility index (Phi) is 3.16. The molecule has 1 aliphatic rings. The van der Waals surface area contributed by atoms with Crippen molar-refractivity contribution in [2.75, 3.05) is 18.0 Å². The summed E-state index contributed by atoms with van der Waals surface area (Å²) in [6, 6.07) is 2.17. The SMILES string of the molecule is CCN(CC1CC1)c1nc(Cl)nc2sc(C)cc12. The molecule has 5 heteroatoms. The highest BCUT2D eigenvalue weighted by molar-refractivity contribution is 7.18. The molecule has 0 N–H and O–H groups in total. The standard InChI is InChI=1S/C13H16ClN3S/c1-3-17(7-9-4-5-9)11-10-6-8(2)18-12(10)16-13(14)15-11/h6,9H,3-5,7H2,1-2H3. The number of hydrogen-bond donors (Lipinski definition) is 0. The van der Waals surface area contributed by atoms with E-state index in [-0.39, 0.29) is 0 Å². The smallest absolute Gasteiger partial charge is 0.225 e.